The van der Waals surface area contributed by atoms with E-state index in [-0.39, 0.29) is 11.7 Å². The standard InChI is InChI=1S/C15H13NO3S2/c1-15(2)6-5-9-10(19-15)4-3-8(12(9)17)7-11-13(18)16-14(20)21-11/h3-7,17H,1-2H3,(H,16,18,20). The third kappa shape index (κ3) is 2.69. The lowest BCUT2D eigenvalue weighted by Crippen LogP contribution is -2.27. The van der Waals surface area contributed by atoms with Crippen LogP contribution in [0, 0.1) is 0 Å². The average molecular weight is 319 g/mol. The number of ether oxygens (including phenoxy) is 1. The van der Waals surface area contributed by atoms with E-state index in [2.05, 4.69) is 5.32 Å². The number of nitrogens with one attached hydrogen (secondary N) is 1. The predicted molar refractivity (Wildman–Crippen MR) is 88.2 cm³/mol. The van der Waals surface area contributed by atoms with Gasteiger partial charge in [0.25, 0.3) is 5.91 Å². The van der Waals surface area contributed by atoms with Crippen molar-refractivity contribution in [3.8, 4) is 11.5 Å². The van der Waals surface area contributed by atoms with Crippen LogP contribution in [0.1, 0.15) is 25.0 Å². The zero-order chi connectivity index (χ0) is 15.2. The van der Waals surface area contributed by atoms with Crippen molar-refractivity contribution in [2.45, 2.75) is 19.4 Å². The molecule has 0 aromatic heterocycles. The van der Waals surface area contributed by atoms with E-state index in [4.69, 9.17) is 17.0 Å². The molecule has 0 saturated carbocycles. The summed E-state index contributed by atoms with van der Waals surface area (Å²) in [6.07, 6.45) is 5.35. The summed E-state index contributed by atoms with van der Waals surface area (Å²) in [6, 6.07) is 3.52. The number of aromatic hydroxyl groups is 1. The van der Waals surface area contributed by atoms with Gasteiger partial charge < -0.3 is 15.2 Å². The van der Waals surface area contributed by atoms with Gasteiger partial charge >= 0.3 is 0 Å². The summed E-state index contributed by atoms with van der Waals surface area (Å²) in [4.78, 5) is 12.1. The van der Waals surface area contributed by atoms with Crippen LogP contribution in [0.2, 0.25) is 0 Å². The lowest BCUT2D eigenvalue weighted by Gasteiger charge is -2.28. The second kappa shape index (κ2) is 4.89. The van der Waals surface area contributed by atoms with E-state index in [1.54, 1.807) is 18.2 Å². The Morgan fingerprint density at radius 2 is 2.19 bits per heavy atom. The Morgan fingerprint density at radius 3 is 2.86 bits per heavy atom. The first kappa shape index (κ1) is 14.2. The Bertz CT molecular complexity index is 720. The summed E-state index contributed by atoms with van der Waals surface area (Å²) in [5.74, 6) is 0.481. The molecule has 2 aliphatic heterocycles. The first-order valence-corrected chi connectivity index (χ1v) is 7.57. The van der Waals surface area contributed by atoms with Gasteiger partial charge in [-0.05, 0) is 44.2 Å². The molecule has 1 aromatic carbocycles. The number of carbonyl (C=O) groups excluding carboxylic acids is 1. The molecule has 0 spiro atoms. The minimum absolute atomic E-state index is 0.0953. The van der Waals surface area contributed by atoms with E-state index in [9.17, 15) is 9.90 Å². The molecule has 21 heavy (non-hydrogen) atoms. The number of hydrogen-bond donors (Lipinski definition) is 2. The van der Waals surface area contributed by atoms with Crippen molar-refractivity contribution in [2.75, 3.05) is 0 Å². The van der Waals surface area contributed by atoms with Gasteiger partial charge in [-0.3, -0.25) is 4.79 Å². The summed E-state index contributed by atoms with van der Waals surface area (Å²) in [7, 11) is 0. The molecule has 2 heterocycles. The van der Waals surface area contributed by atoms with Crippen LogP contribution in [0.25, 0.3) is 12.2 Å². The quantitative estimate of drug-likeness (QED) is 0.615. The van der Waals surface area contributed by atoms with Crippen LogP contribution in [-0.4, -0.2) is 20.9 Å². The molecule has 1 aromatic rings. The maximum absolute atomic E-state index is 11.7. The number of thiocarbonyl (C=S) groups is 1. The average Bonchev–Trinajstić information content (AvgIpc) is 2.70. The lowest BCUT2D eigenvalue weighted by molar-refractivity contribution is -0.115. The zero-order valence-electron chi connectivity index (χ0n) is 11.5. The van der Waals surface area contributed by atoms with Crippen LogP contribution in [0.4, 0.5) is 0 Å². The van der Waals surface area contributed by atoms with Gasteiger partial charge in [0.1, 0.15) is 21.4 Å². The van der Waals surface area contributed by atoms with Gasteiger partial charge in [-0.25, -0.2) is 0 Å². The molecule has 1 amide bonds. The third-order valence-electron chi connectivity index (χ3n) is 3.16. The van der Waals surface area contributed by atoms with E-state index >= 15 is 0 Å². The second-order valence-electron chi connectivity index (χ2n) is 5.31. The van der Waals surface area contributed by atoms with E-state index in [0.717, 1.165) is 0 Å². The summed E-state index contributed by atoms with van der Waals surface area (Å²) >= 11 is 6.13. The molecule has 0 radical (unpaired) electrons. The molecule has 0 unspecified atom stereocenters. The molecule has 108 valence electrons. The maximum atomic E-state index is 11.7. The van der Waals surface area contributed by atoms with Gasteiger partial charge in [0.2, 0.25) is 0 Å². The molecule has 0 atom stereocenters. The largest absolute Gasteiger partial charge is 0.507 e. The Morgan fingerprint density at radius 1 is 1.43 bits per heavy atom. The predicted octanol–water partition coefficient (Wildman–Crippen LogP) is 3.07. The molecule has 1 fully saturated rings. The fourth-order valence-electron chi connectivity index (χ4n) is 2.14. The number of benzene rings is 1. The fourth-order valence-corrected chi connectivity index (χ4v) is 3.17. The number of carbonyl (C=O) groups is 1. The molecule has 3 rings (SSSR count). The summed E-state index contributed by atoms with van der Waals surface area (Å²) in [5, 5.41) is 12.9. The highest BCUT2D eigenvalue weighted by Crippen LogP contribution is 2.39. The monoisotopic (exact) mass is 319 g/mol. The van der Waals surface area contributed by atoms with E-state index < -0.39 is 5.60 Å². The van der Waals surface area contributed by atoms with Gasteiger partial charge in [0.15, 0.2) is 0 Å². The number of rotatable bonds is 1. The first-order chi connectivity index (χ1) is 9.85. The van der Waals surface area contributed by atoms with Crippen LogP contribution in [0.15, 0.2) is 23.1 Å². The minimum atomic E-state index is -0.396. The summed E-state index contributed by atoms with van der Waals surface area (Å²) in [5.41, 5.74) is 0.783. The summed E-state index contributed by atoms with van der Waals surface area (Å²) in [6.45, 7) is 3.89. The number of phenols is 1. The van der Waals surface area contributed by atoms with Crippen LogP contribution in [0.3, 0.4) is 0 Å². The van der Waals surface area contributed by atoms with Crippen molar-refractivity contribution in [1.82, 2.24) is 5.32 Å². The van der Waals surface area contributed by atoms with Crippen LogP contribution in [-0.2, 0) is 4.79 Å². The smallest absolute Gasteiger partial charge is 0.263 e. The highest BCUT2D eigenvalue weighted by atomic mass is 32.2. The maximum Gasteiger partial charge on any atom is 0.263 e. The third-order valence-corrected chi connectivity index (χ3v) is 4.32. The number of thioether (sulfide) groups is 1. The number of amides is 1. The number of phenolic OH excluding ortho intramolecular Hbond substituents is 1. The highest BCUT2D eigenvalue weighted by molar-refractivity contribution is 8.26. The topological polar surface area (TPSA) is 58.6 Å². The zero-order valence-corrected chi connectivity index (χ0v) is 13.1. The normalized spacial score (nSPS) is 21.1. The van der Waals surface area contributed by atoms with Crippen molar-refractivity contribution in [3.05, 3.63) is 34.2 Å². The molecule has 2 N–H and O–H groups in total. The van der Waals surface area contributed by atoms with Crippen molar-refractivity contribution < 1.29 is 14.6 Å². The van der Waals surface area contributed by atoms with E-state index in [1.807, 2.05) is 26.0 Å². The van der Waals surface area contributed by atoms with Gasteiger partial charge in [-0.2, -0.15) is 0 Å². The molecule has 1 saturated heterocycles. The van der Waals surface area contributed by atoms with Gasteiger partial charge in [-0.15, -0.1) is 0 Å². The van der Waals surface area contributed by atoms with Crippen molar-refractivity contribution in [2.24, 2.45) is 0 Å². The molecule has 0 aliphatic carbocycles. The summed E-state index contributed by atoms with van der Waals surface area (Å²) < 4.78 is 6.22. The minimum Gasteiger partial charge on any atom is -0.507 e. The molecular formula is C15H13NO3S2. The number of hydrogen-bond acceptors (Lipinski definition) is 5. The van der Waals surface area contributed by atoms with Crippen LogP contribution >= 0.6 is 24.0 Å². The SMILES string of the molecule is CC1(C)C=Cc2c(ccc(C=C3SC(=S)NC3=O)c2O)O1. The van der Waals surface area contributed by atoms with E-state index in [0.29, 0.717) is 26.1 Å². The fraction of sp³-hybridized carbons (Fsp3) is 0.200. The second-order valence-corrected chi connectivity index (χ2v) is 7.03. The van der Waals surface area contributed by atoms with E-state index in [1.165, 1.54) is 11.8 Å². The van der Waals surface area contributed by atoms with Gasteiger partial charge in [0.05, 0.1) is 10.5 Å². The molecule has 0 bridgehead atoms. The van der Waals surface area contributed by atoms with Gasteiger partial charge in [-0.1, -0.05) is 24.0 Å². The van der Waals surface area contributed by atoms with Gasteiger partial charge in [0, 0.05) is 5.56 Å². The lowest BCUT2D eigenvalue weighted by atomic mass is 9.99. The Kier molecular flexibility index (Phi) is 3.30. The van der Waals surface area contributed by atoms with Crippen molar-refractivity contribution >= 4 is 46.4 Å². The van der Waals surface area contributed by atoms with Crippen LogP contribution in [0.5, 0.6) is 11.5 Å². The molecule has 2 aliphatic rings. The highest BCUT2D eigenvalue weighted by Gasteiger charge is 2.26. The van der Waals surface area contributed by atoms with Crippen LogP contribution < -0.4 is 10.1 Å². The Balaban J connectivity index is 2.02. The Hall–Kier alpha value is -1.79. The van der Waals surface area contributed by atoms with Crippen molar-refractivity contribution in [3.63, 3.8) is 0 Å². The number of fused-ring (bicyclic) bond motifs is 1. The van der Waals surface area contributed by atoms with Crippen molar-refractivity contribution in [1.29, 1.82) is 0 Å². The first-order valence-electron chi connectivity index (χ1n) is 6.35. The molecule has 4 nitrogen and oxygen atoms in total. The molecule has 6 heteroatoms. The Labute approximate surface area is 131 Å². The molecular weight excluding hydrogens is 306 g/mol.